The van der Waals surface area contributed by atoms with Crippen molar-refractivity contribution in [2.24, 2.45) is 13.0 Å². The molecule has 2 aliphatic heterocycles. The van der Waals surface area contributed by atoms with Crippen LogP contribution in [-0.2, 0) is 20.1 Å². The summed E-state index contributed by atoms with van der Waals surface area (Å²) in [7, 11) is 1.55. The van der Waals surface area contributed by atoms with Crippen LogP contribution in [0.2, 0.25) is 0 Å². The van der Waals surface area contributed by atoms with Gasteiger partial charge in [0.25, 0.3) is 5.56 Å². The lowest BCUT2D eigenvalue weighted by molar-refractivity contribution is 0.0968. The maximum Gasteiger partial charge on any atom is 0.407 e. The fourth-order valence-electron chi connectivity index (χ4n) is 5.39. The van der Waals surface area contributed by atoms with Crippen molar-refractivity contribution in [2.45, 2.75) is 39.4 Å². The van der Waals surface area contributed by atoms with E-state index in [0.29, 0.717) is 37.7 Å². The summed E-state index contributed by atoms with van der Waals surface area (Å²) >= 11 is 0. The minimum atomic E-state index is -0.944. The minimum absolute atomic E-state index is 0.0581. The zero-order valence-electron chi connectivity index (χ0n) is 21.1. The highest BCUT2D eigenvalue weighted by atomic mass is 16.4. The van der Waals surface area contributed by atoms with Gasteiger partial charge in [-0.15, -0.1) is 0 Å². The van der Waals surface area contributed by atoms with Gasteiger partial charge in [0.2, 0.25) is 5.95 Å². The summed E-state index contributed by atoms with van der Waals surface area (Å²) in [5.74, 6) is 0.375. The molecule has 11 heteroatoms. The highest BCUT2D eigenvalue weighted by Crippen LogP contribution is 2.35. The molecule has 2 unspecified atom stereocenters. The molecule has 2 atom stereocenters. The summed E-state index contributed by atoms with van der Waals surface area (Å²) < 4.78 is 4.07. The Hall–Kier alpha value is -4.15. The molecule has 1 aromatic carbocycles. The van der Waals surface area contributed by atoms with E-state index in [-0.39, 0.29) is 35.5 Å². The standard InChI is InChI=1S/C26H30N6O5/c1-16(2)9-11-31-21-22(27-24(31)30-12-10-18-13-29(26(36)37)14-19(18)30)28(3)25(35)32(23(21)34)15-20(33)17-7-5-4-6-8-17/h4-9,18-19H,10-15H2,1-3H3,(H,36,37). The number of nitrogens with zero attached hydrogens (tertiary/aromatic N) is 6. The SMILES string of the molecule is CC(C)=CCn1c(N2CCC3CN(C(=O)O)CC32)nc2c1c(=O)n(CC(=O)c1ccccc1)c(=O)n2C. The van der Waals surface area contributed by atoms with Gasteiger partial charge in [0.05, 0.1) is 12.6 Å². The molecule has 2 saturated heterocycles. The first-order chi connectivity index (χ1) is 17.7. The zero-order valence-corrected chi connectivity index (χ0v) is 21.1. The van der Waals surface area contributed by atoms with E-state index in [1.807, 2.05) is 19.9 Å². The normalized spacial score (nSPS) is 18.9. The number of allylic oxidation sites excluding steroid dienone is 2. The summed E-state index contributed by atoms with van der Waals surface area (Å²) in [6, 6.07) is 8.50. The van der Waals surface area contributed by atoms with Crippen molar-refractivity contribution >= 4 is 29.0 Å². The Balaban J connectivity index is 1.64. The molecule has 3 aromatic rings. The van der Waals surface area contributed by atoms with E-state index in [1.54, 1.807) is 41.9 Å². The van der Waals surface area contributed by atoms with Gasteiger partial charge in [0, 0.05) is 44.7 Å². The molecule has 2 aliphatic rings. The van der Waals surface area contributed by atoms with Crippen LogP contribution in [0.1, 0.15) is 30.6 Å². The van der Waals surface area contributed by atoms with E-state index in [1.165, 1.54) is 9.47 Å². The fraction of sp³-hybridized carbons (Fsp3) is 0.423. The van der Waals surface area contributed by atoms with Crippen LogP contribution in [0.3, 0.4) is 0 Å². The molecule has 0 saturated carbocycles. The van der Waals surface area contributed by atoms with Gasteiger partial charge in [-0.3, -0.25) is 18.7 Å². The molecular formula is C26H30N6O5. The molecule has 4 heterocycles. The van der Waals surface area contributed by atoms with E-state index in [0.717, 1.165) is 16.6 Å². The van der Waals surface area contributed by atoms with Gasteiger partial charge >= 0.3 is 11.8 Å². The van der Waals surface area contributed by atoms with E-state index in [4.69, 9.17) is 4.98 Å². The number of aromatic nitrogens is 4. The topological polar surface area (TPSA) is 123 Å². The van der Waals surface area contributed by atoms with Gasteiger partial charge < -0.3 is 19.5 Å². The van der Waals surface area contributed by atoms with E-state index < -0.39 is 17.3 Å². The van der Waals surface area contributed by atoms with Crippen LogP contribution >= 0.6 is 0 Å². The van der Waals surface area contributed by atoms with Crippen molar-refractivity contribution in [2.75, 3.05) is 24.5 Å². The third-order valence-electron chi connectivity index (χ3n) is 7.37. The molecule has 5 rings (SSSR count). The fourth-order valence-corrected chi connectivity index (χ4v) is 5.39. The Labute approximate surface area is 212 Å². The number of amides is 1. The van der Waals surface area contributed by atoms with Crippen LogP contribution in [0.15, 0.2) is 51.6 Å². The zero-order chi connectivity index (χ0) is 26.4. The summed E-state index contributed by atoms with van der Waals surface area (Å²) in [6.07, 6.45) is 1.84. The lowest BCUT2D eigenvalue weighted by Gasteiger charge is -2.25. The summed E-state index contributed by atoms with van der Waals surface area (Å²) in [5.41, 5.74) is 0.770. The van der Waals surface area contributed by atoms with E-state index in [9.17, 15) is 24.3 Å². The summed E-state index contributed by atoms with van der Waals surface area (Å²) in [6.45, 7) is 5.40. The van der Waals surface area contributed by atoms with Crippen molar-refractivity contribution < 1.29 is 14.7 Å². The van der Waals surface area contributed by atoms with Gasteiger partial charge in [0.15, 0.2) is 16.9 Å². The average molecular weight is 507 g/mol. The molecule has 11 nitrogen and oxygen atoms in total. The highest BCUT2D eigenvalue weighted by Gasteiger charge is 2.44. The number of carbonyl (C=O) groups excluding carboxylic acids is 1. The third kappa shape index (κ3) is 4.24. The second-order valence-electron chi connectivity index (χ2n) is 10.00. The Morgan fingerprint density at radius 2 is 1.84 bits per heavy atom. The van der Waals surface area contributed by atoms with Gasteiger partial charge in [-0.25, -0.2) is 9.59 Å². The maximum absolute atomic E-state index is 13.7. The number of rotatable bonds is 6. The Kier molecular flexibility index (Phi) is 6.22. The first kappa shape index (κ1) is 24.5. The van der Waals surface area contributed by atoms with Crippen molar-refractivity contribution in [1.82, 2.24) is 23.6 Å². The Morgan fingerprint density at radius 1 is 1.11 bits per heavy atom. The summed E-state index contributed by atoms with van der Waals surface area (Å²) in [5, 5.41) is 9.50. The number of hydrogen-bond acceptors (Lipinski definition) is 6. The number of anilines is 1. The monoisotopic (exact) mass is 506 g/mol. The van der Waals surface area contributed by atoms with Crippen LogP contribution in [-0.4, -0.2) is 66.2 Å². The Morgan fingerprint density at radius 3 is 2.51 bits per heavy atom. The molecule has 2 fully saturated rings. The second kappa shape index (κ2) is 9.38. The van der Waals surface area contributed by atoms with Crippen LogP contribution < -0.4 is 16.1 Å². The quantitative estimate of drug-likeness (QED) is 0.400. The van der Waals surface area contributed by atoms with Crippen molar-refractivity contribution in [3.8, 4) is 0 Å². The number of imidazole rings is 1. The van der Waals surface area contributed by atoms with Gasteiger partial charge in [-0.2, -0.15) is 4.98 Å². The number of benzene rings is 1. The lowest BCUT2D eigenvalue weighted by atomic mass is 10.1. The minimum Gasteiger partial charge on any atom is -0.465 e. The molecular weight excluding hydrogens is 476 g/mol. The predicted molar refractivity (Wildman–Crippen MR) is 138 cm³/mol. The van der Waals surface area contributed by atoms with E-state index >= 15 is 0 Å². The number of Topliss-reactive ketones (excluding diaryl/α,β-unsaturated/α-hetero) is 1. The largest absolute Gasteiger partial charge is 0.465 e. The molecule has 0 bridgehead atoms. The number of ketones is 1. The first-order valence-electron chi connectivity index (χ1n) is 12.3. The van der Waals surface area contributed by atoms with Gasteiger partial charge in [-0.05, 0) is 20.3 Å². The van der Waals surface area contributed by atoms with Crippen LogP contribution in [0.5, 0.6) is 0 Å². The molecule has 0 radical (unpaired) electrons. The number of carbonyl (C=O) groups is 2. The molecule has 0 spiro atoms. The summed E-state index contributed by atoms with van der Waals surface area (Å²) in [4.78, 5) is 59.7. The van der Waals surface area contributed by atoms with Crippen molar-refractivity contribution in [3.05, 3.63) is 68.4 Å². The molecule has 1 amide bonds. The molecule has 37 heavy (non-hydrogen) atoms. The molecule has 0 aliphatic carbocycles. The number of carboxylic acid groups (broad SMARTS) is 1. The number of likely N-dealkylation sites (tertiary alicyclic amines) is 1. The number of fused-ring (bicyclic) bond motifs is 2. The Bertz CT molecular complexity index is 1530. The molecule has 194 valence electrons. The van der Waals surface area contributed by atoms with Crippen molar-refractivity contribution in [3.63, 3.8) is 0 Å². The van der Waals surface area contributed by atoms with Crippen LogP contribution in [0.4, 0.5) is 10.7 Å². The van der Waals surface area contributed by atoms with Gasteiger partial charge in [0.1, 0.15) is 0 Å². The third-order valence-corrected chi connectivity index (χ3v) is 7.37. The van der Waals surface area contributed by atoms with Crippen molar-refractivity contribution in [1.29, 1.82) is 0 Å². The first-order valence-corrected chi connectivity index (χ1v) is 12.3. The molecule has 1 N–H and O–H groups in total. The lowest BCUT2D eigenvalue weighted by Crippen LogP contribution is -2.41. The second-order valence-corrected chi connectivity index (χ2v) is 10.00. The van der Waals surface area contributed by atoms with Gasteiger partial charge in [-0.1, -0.05) is 42.0 Å². The van der Waals surface area contributed by atoms with E-state index in [2.05, 4.69) is 4.90 Å². The average Bonchev–Trinajstić information content (AvgIpc) is 3.57. The molecule has 2 aromatic heterocycles. The van der Waals surface area contributed by atoms with Crippen LogP contribution in [0.25, 0.3) is 11.2 Å². The highest BCUT2D eigenvalue weighted by molar-refractivity contribution is 5.96. The van der Waals surface area contributed by atoms with Crippen LogP contribution in [0, 0.1) is 5.92 Å². The smallest absolute Gasteiger partial charge is 0.407 e. The predicted octanol–water partition coefficient (Wildman–Crippen LogP) is 1.93. The number of hydrogen-bond donors (Lipinski definition) is 1. The maximum atomic E-state index is 13.7. The number of aryl methyl sites for hydroxylation is 1.